The molecule has 2 aromatic carbocycles. The molecule has 0 aromatic heterocycles. The van der Waals surface area contributed by atoms with Crippen molar-refractivity contribution in [1.82, 2.24) is 0 Å². The smallest absolute Gasteiger partial charge is 0.137 e. The van der Waals surface area contributed by atoms with Crippen molar-refractivity contribution in [1.29, 1.82) is 0 Å². The molecule has 19 heavy (non-hydrogen) atoms. The maximum atomic E-state index is 13.2. The van der Waals surface area contributed by atoms with Crippen LogP contribution in [0.4, 0.5) is 8.78 Å². The summed E-state index contributed by atoms with van der Waals surface area (Å²) in [5.41, 5.74) is 6.28. The molecule has 1 unspecified atom stereocenters. The minimum atomic E-state index is -0.479. The van der Waals surface area contributed by atoms with Gasteiger partial charge in [-0.2, -0.15) is 0 Å². The van der Waals surface area contributed by atoms with Crippen molar-refractivity contribution in [2.45, 2.75) is 6.10 Å². The fraction of sp³-hybridized carbons (Fsp3) is 0.143. The van der Waals surface area contributed by atoms with Crippen LogP contribution in [0, 0.1) is 11.6 Å². The van der Waals surface area contributed by atoms with E-state index in [2.05, 4.69) is 15.9 Å². The Bertz CT molecular complexity index is 577. The Labute approximate surface area is 118 Å². The molecule has 5 heteroatoms. The van der Waals surface area contributed by atoms with Crippen molar-refractivity contribution in [3.63, 3.8) is 0 Å². The third-order valence-corrected chi connectivity index (χ3v) is 3.21. The van der Waals surface area contributed by atoms with Crippen molar-refractivity contribution in [3.8, 4) is 5.75 Å². The van der Waals surface area contributed by atoms with Crippen molar-refractivity contribution < 1.29 is 13.5 Å². The summed E-state index contributed by atoms with van der Waals surface area (Å²) in [6.45, 7) is 0.193. The first kappa shape index (κ1) is 14.0. The van der Waals surface area contributed by atoms with Crippen LogP contribution in [0.25, 0.3) is 0 Å². The SMILES string of the molecule is NCC(Oc1ccc(F)c(Br)c1)c1cccc(F)c1. The van der Waals surface area contributed by atoms with Crippen LogP contribution in [-0.2, 0) is 0 Å². The summed E-state index contributed by atoms with van der Waals surface area (Å²) in [6, 6.07) is 10.4. The Kier molecular flexibility index (Phi) is 4.50. The Morgan fingerprint density at radius 3 is 2.58 bits per heavy atom. The Morgan fingerprint density at radius 2 is 1.95 bits per heavy atom. The molecule has 2 N–H and O–H groups in total. The van der Waals surface area contributed by atoms with E-state index in [1.54, 1.807) is 12.1 Å². The summed E-state index contributed by atoms with van der Waals surface area (Å²) in [7, 11) is 0. The second-order valence-electron chi connectivity index (χ2n) is 3.97. The summed E-state index contributed by atoms with van der Waals surface area (Å²) >= 11 is 3.08. The lowest BCUT2D eigenvalue weighted by atomic mass is 10.1. The van der Waals surface area contributed by atoms with E-state index >= 15 is 0 Å². The van der Waals surface area contributed by atoms with Gasteiger partial charge >= 0.3 is 0 Å². The largest absolute Gasteiger partial charge is 0.484 e. The van der Waals surface area contributed by atoms with E-state index in [0.29, 0.717) is 15.8 Å². The molecule has 1 atom stereocenters. The van der Waals surface area contributed by atoms with Crippen LogP contribution in [-0.4, -0.2) is 6.54 Å². The molecule has 0 saturated heterocycles. The number of hydrogen-bond acceptors (Lipinski definition) is 2. The third kappa shape index (κ3) is 3.52. The number of nitrogens with two attached hydrogens (primary N) is 1. The molecule has 2 nitrogen and oxygen atoms in total. The molecule has 2 aromatic rings. The molecule has 0 spiro atoms. The topological polar surface area (TPSA) is 35.2 Å². The average Bonchev–Trinajstić information content (AvgIpc) is 2.40. The Morgan fingerprint density at radius 1 is 1.16 bits per heavy atom. The van der Waals surface area contributed by atoms with Gasteiger partial charge in [0.15, 0.2) is 0 Å². The standard InChI is InChI=1S/C14H12BrF2NO/c15-12-7-11(4-5-13(12)17)19-14(8-18)9-2-1-3-10(16)6-9/h1-7,14H,8,18H2. The molecule has 0 fully saturated rings. The lowest BCUT2D eigenvalue weighted by Crippen LogP contribution is -2.18. The Balaban J connectivity index is 2.21. The van der Waals surface area contributed by atoms with Gasteiger partial charge in [-0.05, 0) is 51.8 Å². The van der Waals surface area contributed by atoms with Crippen LogP contribution in [0.3, 0.4) is 0 Å². The second-order valence-corrected chi connectivity index (χ2v) is 4.83. The van der Waals surface area contributed by atoms with E-state index in [1.807, 2.05) is 0 Å². The van der Waals surface area contributed by atoms with Gasteiger partial charge in [0.2, 0.25) is 0 Å². The number of ether oxygens (including phenoxy) is 1. The van der Waals surface area contributed by atoms with Crippen LogP contribution in [0.1, 0.15) is 11.7 Å². The maximum Gasteiger partial charge on any atom is 0.137 e. The first-order chi connectivity index (χ1) is 9.10. The van der Waals surface area contributed by atoms with Gasteiger partial charge in [0.05, 0.1) is 4.47 Å². The second kappa shape index (κ2) is 6.12. The summed E-state index contributed by atoms with van der Waals surface area (Å²) in [6.07, 6.45) is -0.479. The van der Waals surface area contributed by atoms with Crippen molar-refractivity contribution in [3.05, 3.63) is 64.1 Å². The molecule has 0 aliphatic carbocycles. The van der Waals surface area contributed by atoms with E-state index in [-0.39, 0.29) is 18.2 Å². The van der Waals surface area contributed by atoms with Crippen LogP contribution >= 0.6 is 15.9 Å². The summed E-state index contributed by atoms with van der Waals surface area (Å²) in [5, 5.41) is 0. The van der Waals surface area contributed by atoms with Gasteiger partial charge in [-0.25, -0.2) is 8.78 Å². The number of benzene rings is 2. The number of hydrogen-bond donors (Lipinski definition) is 1. The van der Waals surface area contributed by atoms with Gasteiger partial charge in [-0.15, -0.1) is 0 Å². The molecule has 0 amide bonds. The lowest BCUT2D eigenvalue weighted by molar-refractivity contribution is 0.213. The molecule has 0 heterocycles. The van der Waals surface area contributed by atoms with E-state index in [1.165, 1.54) is 30.3 Å². The molecular formula is C14H12BrF2NO. The normalized spacial score (nSPS) is 12.2. The minimum Gasteiger partial charge on any atom is -0.484 e. The number of halogens is 3. The quantitative estimate of drug-likeness (QED) is 0.926. The first-order valence-corrected chi connectivity index (χ1v) is 6.46. The van der Waals surface area contributed by atoms with Gasteiger partial charge in [-0.1, -0.05) is 12.1 Å². The lowest BCUT2D eigenvalue weighted by Gasteiger charge is -2.18. The van der Waals surface area contributed by atoms with Crippen LogP contribution < -0.4 is 10.5 Å². The van der Waals surface area contributed by atoms with Crippen molar-refractivity contribution in [2.24, 2.45) is 5.73 Å². The zero-order valence-electron chi connectivity index (χ0n) is 9.95. The highest BCUT2D eigenvalue weighted by atomic mass is 79.9. The first-order valence-electron chi connectivity index (χ1n) is 5.67. The van der Waals surface area contributed by atoms with Crippen LogP contribution in [0.2, 0.25) is 0 Å². The fourth-order valence-corrected chi connectivity index (χ4v) is 2.03. The van der Waals surface area contributed by atoms with Crippen molar-refractivity contribution in [2.75, 3.05) is 6.54 Å². The zero-order chi connectivity index (χ0) is 13.8. The maximum absolute atomic E-state index is 13.2. The molecule has 100 valence electrons. The molecule has 0 aliphatic heterocycles. The highest BCUT2D eigenvalue weighted by Gasteiger charge is 2.13. The molecule has 0 bridgehead atoms. The van der Waals surface area contributed by atoms with E-state index in [9.17, 15) is 8.78 Å². The van der Waals surface area contributed by atoms with Gasteiger partial charge in [-0.3, -0.25) is 0 Å². The minimum absolute atomic E-state index is 0.193. The molecule has 0 saturated carbocycles. The number of rotatable bonds is 4. The predicted octanol–water partition coefficient (Wildman–Crippen LogP) is 3.81. The van der Waals surface area contributed by atoms with Gasteiger partial charge in [0, 0.05) is 6.54 Å². The summed E-state index contributed by atoms with van der Waals surface area (Å²) < 4.78 is 32.2. The summed E-state index contributed by atoms with van der Waals surface area (Å²) in [4.78, 5) is 0. The van der Waals surface area contributed by atoms with E-state index in [4.69, 9.17) is 10.5 Å². The van der Waals surface area contributed by atoms with Crippen molar-refractivity contribution >= 4 is 15.9 Å². The highest BCUT2D eigenvalue weighted by molar-refractivity contribution is 9.10. The van der Waals surface area contributed by atoms with Crippen LogP contribution in [0.15, 0.2) is 46.9 Å². The van der Waals surface area contributed by atoms with Gasteiger partial charge in [0.1, 0.15) is 23.5 Å². The predicted molar refractivity (Wildman–Crippen MR) is 72.9 cm³/mol. The average molecular weight is 328 g/mol. The highest BCUT2D eigenvalue weighted by Crippen LogP contribution is 2.26. The van der Waals surface area contributed by atoms with Gasteiger partial charge in [0.25, 0.3) is 0 Å². The molecule has 0 radical (unpaired) electrons. The molecular weight excluding hydrogens is 316 g/mol. The zero-order valence-corrected chi connectivity index (χ0v) is 11.5. The molecule has 0 aliphatic rings. The summed E-state index contributed by atoms with van der Waals surface area (Å²) in [5.74, 6) is -0.254. The Hall–Kier alpha value is -1.46. The molecule has 2 rings (SSSR count). The van der Waals surface area contributed by atoms with E-state index in [0.717, 1.165) is 0 Å². The monoisotopic (exact) mass is 327 g/mol. The van der Waals surface area contributed by atoms with Gasteiger partial charge < -0.3 is 10.5 Å². The third-order valence-electron chi connectivity index (χ3n) is 2.60. The fourth-order valence-electron chi connectivity index (χ4n) is 1.67. The van der Waals surface area contributed by atoms with E-state index < -0.39 is 6.10 Å². The van der Waals surface area contributed by atoms with Crippen LogP contribution in [0.5, 0.6) is 5.75 Å².